The molecule has 0 saturated heterocycles. The van der Waals surface area contributed by atoms with E-state index in [0.29, 0.717) is 0 Å². The zero-order chi connectivity index (χ0) is 15.8. The summed E-state index contributed by atoms with van der Waals surface area (Å²) in [6.07, 6.45) is 0. The van der Waals surface area contributed by atoms with Crippen LogP contribution in [-0.2, 0) is 14.5 Å². The second kappa shape index (κ2) is 7.78. The Morgan fingerprint density at radius 2 is 0.905 bits per heavy atom. The van der Waals surface area contributed by atoms with Crippen molar-refractivity contribution >= 4 is 17.7 Å². The third-order valence-corrected chi connectivity index (χ3v) is 1.83. The fraction of sp³-hybridized carbons (Fsp3) is 0.333. The second-order valence-corrected chi connectivity index (χ2v) is 3.21. The third kappa shape index (κ3) is 4.41. The molecule has 0 bridgehead atoms. The summed E-state index contributed by atoms with van der Waals surface area (Å²) in [6, 6.07) is 0. The van der Waals surface area contributed by atoms with Crippen LogP contribution in [0.25, 0.3) is 0 Å². The summed E-state index contributed by atoms with van der Waals surface area (Å²) in [5.74, 6) is -4.15. The van der Waals surface area contributed by atoms with E-state index in [1.807, 2.05) is 16.4 Å². The Bertz CT molecular complexity index is 461. The molecule has 1 rings (SSSR count). The number of amides is 3. The zero-order valence-electron chi connectivity index (χ0n) is 11.3. The largest absolute Gasteiger partial charge is 0.312 e. The van der Waals surface area contributed by atoms with Crippen LogP contribution < -0.4 is 16.4 Å². The summed E-state index contributed by atoms with van der Waals surface area (Å²) >= 11 is 0. The topological polar surface area (TPSA) is 154 Å². The van der Waals surface area contributed by atoms with Gasteiger partial charge in [-0.15, -0.1) is 0 Å². The van der Waals surface area contributed by atoms with Crippen molar-refractivity contribution < 1.29 is 28.9 Å². The van der Waals surface area contributed by atoms with Gasteiger partial charge in [0.15, 0.2) is 0 Å². The maximum atomic E-state index is 11.6. The molecular formula is C9H12N6O6. The number of nitrogens with zero attached hydrogens (tertiary/aromatic N) is 3. The fourth-order valence-electron chi connectivity index (χ4n) is 1.10. The Labute approximate surface area is 118 Å². The predicted molar refractivity (Wildman–Crippen MR) is 63.3 cm³/mol. The van der Waals surface area contributed by atoms with Crippen molar-refractivity contribution in [1.29, 1.82) is 0 Å². The molecule has 0 unspecified atom stereocenters. The number of hydroxylamine groups is 3. The number of carbonyl (C=O) groups is 3. The van der Waals surface area contributed by atoms with E-state index in [-0.39, 0.29) is 0 Å². The highest BCUT2D eigenvalue weighted by molar-refractivity contribution is 5.96. The minimum atomic E-state index is -0.877. The van der Waals surface area contributed by atoms with Gasteiger partial charge >= 0.3 is 17.7 Å². The Balaban J connectivity index is 3.22. The minimum Gasteiger partial charge on any atom is -0.277 e. The SMILES string of the molecule is CONC(=O)c1nc(C(=O)NOC)nc(C(=O)NOC)n1. The molecule has 0 aliphatic heterocycles. The molecule has 0 aromatic carbocycles. The summed E-state index contributed by atoms with van der Waals surface area (Å²) in [6.45, 7) is 0. The standard InChI is InChI=1S/C9H12N6O6/c1-19-13-7(16)4-10-5(8(17)14-20-2)12-6(11-4)9(18)15-21-3/h1-3H3,(H,13,16)(H,14,17)(H,15,18). The molecule has 0 fully saturated rings. The van der Waals surface area contributed by atoms with Crippen molar-refractivity contribution in [3.8, 4) is 0 Å². The van der Waals surface area contributed by atoms with Crippen LogP contribution in [0.1, 0.15) is 31.9 Å². The van der Waals surface area contributed by atoms with Crippen LogP contribution in [0.4, 0.5) is 0 Å². The Morgan fingerprint density at radius 3 is 1.10 bits per heavy atom. The number of aromatic nitrogens is 3. The predicted octanol–water partition coefficient (Wildman–Crippen LogP) is -2.25. The van der Waals surface area contributed by atoms with E-state index in [1.165, 1.54) is 21.3 Å². The first kappa shape index (κ1) is 16.4. The maximum absolute atomic E-state index is 11.6. The van der Waals surface area contributed by atoms with E-state index in [2.05, 4.69) is 29.5 Å². The van der Waals surface area contributed by atoms with Crippen molar-refractivity contribution in [2.75, 3.05) is 21.3 Å². The van der Waals surface area contributed by atoms with E-state index in [0.717, 1.165) is 0 Å². The lowest BCUT2D eigenvalue weighted by Crippen LogP contribution is -2.32. The van der Waals surface area contributed by atoms with Crippen LogP contribution in [0.15, 0.2) is 0 Å². The Morgan fingerprint density at radius 1 is 0.667 bits per heavy atom. The molecule has 21 heavy (non-hydrogen) atoms. The van der Waals surface area contributed by atoms with Crippen LogP contribution >= 0.6 is 0 Å². The number of hydrogen-bond acceptors (Lipinski definition) is 9. The molecule has 3 amide bonds. The van der Waals surface area contributed by atoms with Gasteiger partial charge in [-0.05, 0) is 0 Å². The van der Waals surface area contributed by atoms with Crippen molar-refractivity contribution in [3.63, 3.8) is 0 Å². The lowest BCUT2D eigenvalue weighted by Gasteiger charge is -2.06. The lowest BCUT2D eigenvalue weighted by atomic mass is 10.4. The van der Waals surface area contributed by atoms with Gasteiger partial charge in [-0.3, -0.25) is 28.9 Å². The minimum absolute atomic E-state index is 0.505. The van der Waals surface area contributed by atoms with Crippen LogP contribution in [0.5, 0.6) is 0 Å². The van der Waals surface area contributed by atoms with Gasteiger partial charge < -0.3 is 0 Å². The highest BCUT2D eigenvalue weighted by Crippen LogP contribution is 1.98. The van der Waals surface area contributed by atoms with Gasteiger partial charge in [-0.1, -0.05) is 0 Å². The molecule has 1 aromatic rings. The molecule has 12 nitrogen and oxygen atoms in total. The number of hydrogen-bond donors (Lipinski definition) is 3. The molecule has 1 heterocycles. The first-order valence-corrected chi connectivity index (χ1v) is 5.29. The zero-order valence-corrected chi connectivity index (χ0v) is 11.3. The summed E-state index contributed by atoms with van der Waals surface area (Å²) in [5, 5.41) is 0. The average Bonchev–Trinajstić information content (AvgIpc) is 2.47. The molecule has 3 N–H and O–H groups in total. The monoisotopic (exact) mass is 300 g/mol. The van der Waals surface area contributed by atoms with Gasteiger partial charge in [-0.2, -0.15) is 15.0 Å². The van der Waals surface area contributed by atoms with E-state index >= 15 is 0 Å². The molecule has 0 aliphatic rings. The third-order valence-electron chi connectivity index (χ3n) is 1.83. The molecule has 0 atom stereocenters. The van der Waals surface area contributed by atoms with Crippen LogP contribution in [0.3, 0.4) is 0 Å². The van der Waals surface area contributed by atoms with Crippen LogP contribution in [0, 0.1) is 0 Å². The van der Waals surface area contributed by atoms with Crippen LogP contribution in [-0.4, -0.2) is 54.0 Å². The van der Waals surface area contributed by atoms with E-state index < -0.39 is 35.2 Å². The van der Waals surface area contributed by atoms with Gasteiger partial charge in [0.25, 0.3) is 0 Å². The van der Waals surface area contributed by atoms with Crippen molar-refractivity contribution in [1.82, 2.24) is 31.4 Å². The highest BCUT2D eigenvalue weighted by atomic mass is 16.6. The molecule has 1 aromatic heterocycles. The smallest absolute Gasteiger partial charge is 0.277 e. The van der Waals surface area contributed by atoms with Gasteiger partial charge in [0.2, 0.25) is 17.5 Å². The van der Waals surface area contributed by atoms with E-state index in [4.69, 9.17) is 0 Å². The van der Waals surface area contributed by atoms with Gasteiger partial charge in [0, 0.05) is 0 Å². The molecule has 0 radical (unpaired) electrons. The molecule has 0 spiro atoms. The van der Waals surface area contributed by atoms with E-state index in [9.17, 15) is 14.4 Å². The molecule has 0 saturated carbocycles. The first-order chi connectivity index (χ1) is 10.0. The highest BCUT2D eigenvalue weighted by Gasteiger charge is 2.21. The van der Waals surface area contributed by atoms with Gasteiger partial charge in [0.05, 0.1) is 21.3 Å². The number of carbonyl (C=O) groups excluding carboxylic acids is 3. The quantitative estimate of drug-likeness (QED) is 0.494. The Hall–Kier alpha value is -2.70. The second-order valence-electron chi connectivity index (χ2n) is 3.21. The normalized spacial score (nSPS) is 9.86. The maximum Gasteiger partial charge on any atom is 0.312 e. The number of nitrogens with one attached hydrogen (secondary N) is 3. The lowest BCUT2D eigenvalue weighted by molar-refractivity contribution is 0.0502. The van der Waals surface area contributed by atoms with Crippen LogP contribution in [0.2, 0.25) is 0 Å². The fourth-order valence-corrected chi connectivity index (χ4v) is 1.10. The Kier molecular flexibility index (Phi) is 6.06. The number of rotatable bonds is 6. The molecule has 0 aliphatic carbocycles. The van der Waals surface area contributed by atoms with Gasteiger partial charge in [-0.25, -0.2) is 16.4 Å². The summed E-state index contributed by atoms with van der Waals surface area (Å²) in [5.41, 5.74) is 5.82. The first-order valence-electron chi connectivity index (χ1n) is 5.29. The molecule has 12 heteroatoms. The van der Waals surface area contributed by atoms with Crippen molar-refractivity contribution in [3.05, 3.63) is 17.5 Å². The van der Waals surface area contributed by atoms with Crippen molar-refractivity contribution in [2.45, 2.75) is 0 Å². The summed E-state index contributed by atoms with van der Waals surface area (Å²) < 4.78 is 0. The summed E-state index contributed by atoms with van der Waals surface area (Å²) in [4.78, 5) is 58.8. The molecule has 114 valence electrons. The van der Waals surface area contributed by atoms with Gasteiger partial charge in [0.1, 0.15) is 0 Å². The molecular weight excluding hydrogens is 288 g/mol. The average molecular weight is 300 g/mol. The summed E-state index contributed by atoms with van der Waals surface area (Å²) in [7, 11) is 3.57. The van der Waals surface area contributed by atoms with Crippen molar-refractivity contribution in [2.24, 2.45) is 0 Å². The van der Waals surface area contributed by atoms with E-state index in [1.54, 1.807) is 0 Å².